The highest BCUT2D eigenvalue weighted by Gasteiger charge is 2.24. The van der Waals surface area contributed by atoms with Gasteiger partial charge in [-0.15, -0.1) is 0 Å². The number of aliphatic hydroxyl groups is 1. The first kappa shape index (κ1) is 8.08. The lowest BCUT2D eigenvalue weighted by Gasteiger charge is -2.38. The highest BCUT2D eigenvalue weighted by molar-refractivity contribution is 5.22. The van der Waals surface area contributed by atoms with E-state index in [0.29, 0.717) is 13.1 Å². The van der Waals surface area contributed by atoms with Gasteiger partial charge in [-0.25, -0.2) is 0 Å². The monoisotopic (exact) mass is 151 g/mol. The van der Waals surface area contributed by atoms with Crippen molar-refractivity contribution in [1.82, 2.24) is 4.90 Å². The number of hydrogen-bond acceptors (Lipinski definition) is 2. The number of aliphatic hydroxyl groups excluding tert-OH is 1. The number of likely N-dealkylation sites (tertiary alicyclic amines) is 1. The van der Waals surface area contributed by atoms with E-state index in [4.69, 9.17) is 5.11 Å². The molecule has 0 unspecified atom stereocenters. The van der Waals surface area contributed by atoms with E-state index in [2.05, 4.69) is 18.1 Å². The molecule has 0 aromatic rings. The standard InChI is InChI=1S/C9H13NO/c1-3-5-8(4-2)10-6-9(11)7-10/h3-5,9,11H,1-2,6-7H2. The SMILES string of the molecule is C=CC=C(C=C)N1CC(O)C1. The van der Waals surface area contributed by atoms with Crippen molar-refractivity contribution in [3.05, 3.63) is 37.1 Å². The Bertz CT molecular complexity index is 190. The lowest BCUT2D eigenvalue weighted by atomic mass is 10.1. The second-order valence-electron chi connectivity index (χ2n) is 2.59. The topological polar surface area (TPSA) is 23.5 Å². The number of nitrogens with zero attached hydrogens (tertiary/aromatic N) is 1. The highest BCUT2D eigenvalue weighted by Crippen LogP contribution is 2.15. The summed E-state index contributed by atoms with van der Waals surface area (Å²) in [6.07, 6.45) is 5.22. The minimum Gasteiger partial charge on any atom is -0.389 e. The Morgan fingerprint density at radius 3 is 2.45 bits per heavy atom. The molecule has 0 atom stereocenters. The minimum absolute atomic E-state index is 0.164. The molecule has 1 rings (SSSR count). The molecule has 60 valence electrons. The Balaban J connectivity index is 2.51. The molecule has 11 heavy (non-hydrogen) atoms. The molecule has 2 nitrogen and oxygen atoms in total. The maximum atomic E-state index is 9.00. The van der Waals surface area contributed by atoms with Gasteiger partial charge >= 0.3 is 0 Å². The first-order valence-electron chi connectivity index (χ1n) is 3.66. The van der Waals surface area contributed by atoms with E-state index in [9.17, 15) is 0 Å². The third-order valence-electron chi connectivity index (χ3n) is 1.73. The third-order valence-corrected chi connectivity index (χ3v) is 1.73. The Kier molecular flexibility index (Phi) is 2.49. The van der Waals surface area contributed by atoms with Crippen LogP contribution in [0.15, 0.2) is 37.1 Å². The molecule has 0 bridgehead atoms. The lowest BCUT2D eigenvalue weighted by Crippen LogP contribution is -2.49. The van der Waals surface area contributed by atoms with Gasteiger partial charge in [0.1, 0.15) is 0 Å². The number of hydrogen-bond donors (Lipinski definition) is 1. The maximum absolute atomic E-state index is 9.00. The molecule has 0 radical (unpaired) electrons. The predicted molar refractivity (Wildman–Crippen MR) is 46.1 cm³/mol. The molecule has 1 fully saturated rings. The van der Waals surface area contributed by atoms with E-state index < -0.39 is 0 Å². The Labute approximate surface area is 67.1 Å². The zero-order valence-electron chi connectivity index (χ0n) is 6.53. The molecule has 1 N–H and O–H groups in total. The summed E-state index contributed by atoms with van der Waals surface area (Å²) < 4.78 is 0. The average Bonchev–Trinajstić information content (AvgIpc) is 1.95. The average molecular weight is 151 g/mol. The van der Waals surface area contributed by atoms with E-state index in [-0.39, 0.29) is 6.10 Å². The first-order valence-corrected chi connectivity index (χ1v) is 3.66. The van der Waals surface area contributed by atoms with Crippen LogP contribution in [0.2, 0.25) is 0 Å². The summed E-state index contributed by atoms with van der Waals surface area (Å²) in [5.74, 6) is 0. The first-order chi connectivity index (χ1) is 5.27. The Hall–Kier alpha value is -1.02. The quantitative estimate of drug-likeness (QED) is 0.606. The van der Waals surface area contributed by atoms with E-state index in [0.717, 1.165) is 5.70 Å². The van der Waals surface area contributed by atoms with Gasteiger partial charge in [0.25, 0.3) is 0 Å². The molecular formula is C9H13NO. The fourth-order valence-electron chi connectivity index (χ4n) is 1.09. The van der Waals surface area contributed by atoms with Crippen LogP contribution in [0.3, 0.4) is 0 Å². The fourth-order valence-corrected chi connectivity index (χ4v) is 1.09. The smallest absolute Gasteiger partial charge is 0.0889 e. The molecule has 1 aliphatic rings. The number of allylic oxidation sites excluding steroid dienone is 3. The van der Waals surface area contributed by atoms with Gasteiger partial charge in [0, 0.05) is 18.8 Å². The summed E-state index contributed by atoms with van der Waals surface area (Å²) in [4.78, 5) is 2.05. The van der Waals surface area contributed by atoms with Gasteiger partial charge in [0.15, 0.2) is 0 Å². The van der Waals surface area contributed by atoms with Crippen molar-refractivity contribution in [1.29, 1.82) is 0 Å². The second kappa shape index (κ2) is 3.39. The molecule has 1 saturated heterocycles. The molecule has 1 heterocycles. The molecule has 1 aliphatic heterocycles. The van der Waals surface area contributed by atoms with Crippen LogP contribution in [0.25, 0.3) is 0 Å². The van der Waals surface area contributed by atoms with Crippen molar-refractivity contribution in [2.24, 2.45) is 0 Å². The molecule has 2 heteroatoms. The van der Waals surface area contributed by atoms with Gasteiger partial charge in [-0.1, -0.05) is 19.2 Å². The van der Waals surface area contributed by atoms with Crippen LogP contribution in [0.4, 0.5) is 0 Å². The largest absolute Gasteiger partial charge is 0.389 e. The Morgan fingerprint density at radius 2 is 2.09 bits per heavy atom. The van der Waals surface area contributed by atoms with E-state index in [1.54, 1.807) is 12.2 Å². The maximum Gasteiger partial charge on any atom is 0.0889 e. The van der Waals surface area contributed by atoms with Crippen molar-refractivity contribution in [3.63, 3.8) is 0 Å². The fraction of sp³-hybridized carbons (Fsp3) is 0.333. The zero-order valence-corrected chi connectivity index (χ0v) is 6.53. The summed E-state index contributed by atoms with van der Waals surface area (Å²) in [7, 11) is 0. The van der Waals surface area contributed by atoms with E-state index in [1.165, 1.54) is 0 Å². The van der Waals surface area contributed by atoms with Gasteiger partial charge in [0.05, 0.1) is 6.10 Å². The molecule has 0 aromatic carbocycles. The molecule has 0 spiro atoms. The van der Waals surface area contributed by atoms with Gasteiger partial charge < -0.3 is 10.0 Å². The van der Waals surface area contributed by atoms with Crippen molar-refractivity contribution in [2.75, 3.05) is 13.1 Å². The van der Waals surface area contributed by atoms with Crippen molar-refractivity contribution >= 4 is 0 Å². The van der Waals surface area contributed by atoms with Crippen LogP contribution in [0.5, 0.6) is 0 Å². The third kappa shape index (κ3) is 1.71. The van der Waals surface area contributed by atoms with Gasteiger partial charge in [-0.2, -0.15) is 0 Å². The second-order valence-corrected chi connectivity index (χ2v) is 2.59. The number of rotatable bonds is 3. The summed E-state index contributed by atoms with van der Waals surface area (Å²) >= 11 is 0. The van der Waals surface area contributed by atoms with Crippen LogP contribution < -0.4 is 0 Å². The normalized spacial score (nSPS) is 19.4. The lowest BCUT2D eigenvalue weighted by molar-refractivity contribution is 0.0272. The van der Waals surface area contributed by atoms with Gasteiger partial charge in [0.2, 0.25) is 0 Å². The van der Waals surface area contributed by atoms with E-state index >= 15 is 0 Å². The molecule has 0 aromatic heterocycles. The molecular weight excluding hydrogens is 138 g/mol. The highest BCUT2D eigenvalue weighted by atomic mass is 16.3. The zero-order chi connectivity index (χ0) is 8.27. The number of β-amino-alcohol motifs (C(OH)–C–C–N with tert-alkyl or cyclic N) is 1. The van der Waals surface area contributed by atoms with Crippen molar-refractivity contribution in [2.45, 2.75) is 6.10 Å². The summed E-state index contributed by atoms with van der Waals surface area (Å²) in [5.41, 5.74) is 1.03. The van der Waals surface area contributed by atoms with Crippen LogP contribution in [-0.4, -0.2) is 29.2 Å². The van der Waals surface area contributed by atoms with Crippen LogP contribution in [-0.2, 0) is 0 Å². The van der Waals surface area contributed by atoms with E-state index in [1.807, 2.05) is 6.08 Å². The summed E-state index contributed by atoms with van der Waals surface area (Å²) in [6, 6.07) is 0. The van der Waals surface area contributed by atoms with Crippen LogP contribution >= 0.6 is 0 Å². The van der Waals surface area contributed by atoms with Crippen molar-refractivity contribution in [3.8, 4) is 0 Å². The predicted octanol–water partition coefficient (Wildman–Crippen LogP) is 0.919. The van der Waals surface area contributed by atoms with Gasteiger partial charge in [-0.3, -0.25) is 0 Å². The molecule has 0 saturated carbocycles. The molecule has 0 aliphatic carbocycles. The van der Waals surface area contributed by atoms with Gasteiger partial charge in [-0.05, 0) is 12.2 Å². The summed E-state index contributed by atoms with van der Waals surface area (Å²) in [5, 5.41) is 9.00. The minimum atomic E-state index is -0.164. The summed E-state index contributed by atoms with van der Waals surface area (Å²) in [6.45, 7) is 8.69. The molecule has 0 amide bonds. The Morgan fingerprint density at radius 1 is 1.45 bits per heavy atom. The van der Waals surface area contributed by atoms with Crippen molar-refractivity contribution < 1.29 is 5.11 Å². The van der Waals surface area contributed by atoms with Crippen LogP contribution in [0, 0.1) is 0 Å². The van der Waals surface area contributed by atoms with Crippen LogP contribution in [0.1, 0.15) is 0 Å².